The van der Waals surface area contributed by atoms with Crippen molar-refractivity contribution in [2.45, 2.75) is 58.0 Å². The van der Waals surface area contributed by atoms with E-state index in [1.54, 1.807) is 11.8 Å². The molecular formula is C13H26O2S2. The molecule has 102 valence electrons. The molecule has 17 heavy (non-hydrogen) atoms. The average Bonchev–Trinajstić information content (AvgIpc) is 2.13. The largest absolute Gasteiger partial charge is 0.395 e. The molecule has 0 fully saturated rings. The van der Waals surface area contributed by atoms with E-state index in [4.69, 9.17) is 0 Å². The summed E-state index contributed by atoms with van der Waals surface area (Å²) in [4.78, 5) is 12.0. The normalized spacial score (nSPS) is 13.9. The van der Waals surface area contributed by atoms with Crippen molar-refractivity contribution in [3.8, 4) is 0 Å². The molecule has 0 aromatic carbocycles. The van der Waals surface area contributed by atoms with E-state index in [1.165, 1.54) is 11.8 Å². The van der Waals surface area contributed by atoms with Crippen molar-refractivity contribution in [1.82, 2.24) is 0 Å². The van der Waals surface area contributed by atoms with Crippen LogP contribution < -0.4 is 0 Å². The van der Waals surface area contributed by atoms with Crippen molar-refractivity contribution in [3.05, 3.63) is 0 Å². The summed E-state index contributed by atoms with van der Waals surface area (Å²) in [6, 6.07) is 0. The van der Waals surface area contributed by atoms with E-state index in [1.807, 2.05) is 34.6 Å². The second-order valence-corrected chi connectivity index (χ2v) is 9.97. The van der Waals surface area contributed by atoms with E-state index in [9.17, 15) is 9.90 Å². The van der Waals surface area contributed by atoms with Gasteiger partial charge in [-0.3, -0.25) is 4.79 Å². The quantitative estimate of drug-likeness (QED) is 0.834. The molecule has 0 aromatic heterocycles. The maximum Gasteiger partial charge on any atom is 0.194 e. The summed E-state index contributed by atoms with van der Waals surface area (Å²) in [7, 11) is 0. The molecule has 1 N–H and O–H groups in total. The third-order valence-corrected chi connectivity index (χ3v) is 5.63. The SMILES string of the molecule is CC(C)(CO)SCC(C)(C)SC(=O)C(C)(C)C. The van der Waals surface area contributed by atoms with Gasteiger partial charge in [-0.05, 0) is 27.7 Å². The van der Waals surface area contributed by atoms with E-state index in [2.05, 4.69) is 13.8 Å². The molecule has 0 spiro atoms. The molecule has 0 radical (unpaired) electrons. The van der Waals surface area contributed by atoms with E-state index >= 15 is 0 Å². The number of rotatable bonds is 5. The van der Waals surface area contributed by atoms with Gasteiger partial charge in [-0.15, -0.1) is 0 Å². The van der Waals surface area contributed by atoms with Crippen molar-refractivity contribution in [3.63, 3.8) is 0 Å². The molecule has 0 saturated heterocycles. The van der Waals surface area contributed by atoms with Crippen LogP contribution in [0.25, 0.3) is 0 Å². The van der Waals surface area contributed by atoms with Crippen LogP contribution >= 0.6 is 23.5 Å². The first-order chi connectivity index (χ1) is 7.40. The van der Waals surface area contributed by atoms with Gasteiger partial charge >= 0.3 is 0 Å². The number of aliphatic hydroxyl groups is 1. The van der Waals surface area contributed by atoms with E-state index in [0.717, 1.165) is 5.75 Å². The second kappa shape index (κ2) is 5.98. The number of hydrogen-bond donors (Lipinski definition) is 1. The van der Waals surface area contributed by atoms with Gasteiger partial charge in [-0.25, -0.2) is 0 Å². The molecule has 4 heteroatoms. The number of thioether (sulfide) groups is 2. The van der Waals surface area contributed by atoms with Gasteiger partial charge in [0.05, 0.1) is 6.61 Å². The summed E-state index contributed by atoms with van der Waals surface area (Å²) in [6.45, 7) is 14.2. The third kappa shape index (κ3) is 7.37. The highest BCUT2D eigenvalue weighted by molar-refractivity contribution is 8.15. The van der Waals surface area contributed by atoms with Crippen LogP contribution in [0.4, 0.5) is 0 Å². The molecule has 0 bridgehead atoms. The predicted octanol–water partition coefficient (Wildman–Crippen LogP) is 3.58. The standard InChI is InChI=1S/C13H26O2S2/c1-11(2,3)10(15)17-13(6,7)9-16-12(4,5)8-14/h14H,8-9H2,1-7H3. The van der Waals surface area contributed by atoms with Crippen molar-refractivity contribution in [2.75, 3.05) is 12.4 Å². The van der Waals surface area contributed by atoms with Crippen LogP contribution in [0, 0.1) is 5.41 Å². The lowest BCUT2D eigenvalue weighted by Crippen LogP contribution is -2.30. The Morgan fingerprint density at radius 2 is 1.47 bits per heavy atom. The van der Waals surface area contributed by atoms with Crippen LogP contribution in [-0.2, 0) is 4.79 Å². The van der Waals surface area contributed by atoms with Crippen LogP contribution in [0.15, 0.2) is 0 Å². The lowest BCUT2D eigenvalue weighted by molar-refractivity contribution is -0.117. The van der Waals surface area contributed by atoms with Crippen LogP contribution in [0.5, 0.6) is 0 Å². The number of aliphatic hydroxyl groups excluding tert-OH is 1. The summed E-state index contributed by atoms with van der Waals surface area (Å²) < 4.78 is -0.232. The third-order valence-electron chi connectivity index (χ3n) is 2.17. The van der Waals surface area contributed by atoms with Gasteiger partial charge in [-0.1, -0.05) is 32.5 Å². The minimum absolute atomic E-state index is 0.0958. The van der Waals surface area contributed by atoms with Gasteiger partial charge in [0.15, 0.2) is 5.12 Å². The predicted molar refractivity (Wildman–Crippen MR) is 79.8 cm³/mol. The van der Waals surface area contributed by atoms with E-state index in [0.29, 0.717) is 0 Å². The topological polar surface area (TPSA) is 37.3 Å². The maximum atomic E-state index is 12.0. The second-order valence-electron chi connectivity index (χ2n) is 6.61. The summed E-state index contributed by atoms with van der Waals surface area (Å²) in [5, 5.41) is 9.43. The molecule has 0 saturated carbocycles. The highest BCUT2D eigenvalue weighted by Crippen LogP contribution is 2.37. The fraction of sp³-hybridized carbons (Fsp3) is 0.923. The Morgan fingerprint density at radius 1 is 1.00 bits per heavy atom. The zero-order chi connectivity index (χ0) is 13.9. The molecule has 2 nitrogen and oxygen atoms in total. The monoisotopic (exact) mass is 278 g/mol. The number of hydrogen-bond acceptors (Lipinski definition) is 4. The minimum Gasteiger partial charge on any atom is -0.395 e. The molecule has 0 amide bonds. The van der Waals surface area contributed by atoms with Gasteiger partial charge in [0.2, 0.25) is 0 Å². The van der Waals surface area contributed by atoms with E-state index in [-0.39, 0.29) is 26.6 Å². The smallest absolute Gasteiger partial charge is 0.194 e. The first-order valence-electron chi connectivity index (χ1n) is 5.88. The molecule has 0 atom stereocenters. The lowest BCUT2D eigenvalue weighted by atomic mass is 9.99. The number of carbonyl (C=O) groups excluding carboxylic acids is 1. The summed E-state index contributed by atoms with van der Waals surface area (Å²) >= 11 is 3.13. The first kappa shape index (κ1) is 17.3. The Hall–Kier alpha value is 0.330. The fourth-order valence-electron chi connectivity index (χ4n) is 0.848. The molecule has 0 aliphatic rings. The minimum atomic E-state index is -0.293. The van der Waals surface area contributed by atoms with Gasteiger partial charge in [0.25, 0.3) is 0 Å². The van der Waals surface area contributed by atoms with Crippen molar-refractivity contribution in [2.24, 2.45) is 5.41 Å². The molecule has 0 unspecified atom stereocenters. The van der Waals surface area contributed by atoms with Crippen molar-refractivity contribution >= 4 is 28.6 Å². The molecule has 0 aliphatic carbocycles. The first-order valence-corrected chi connectivity index (χ1v) is 7.68. The summed E-state index contributed by atoms with van der Waals surface area (Å²) in [5.74, 6) is 0.854. The van der Waals surface area contributed by atoms with Crippen molar-refractivity contribution in [1.29, 1.82) is 0 Å². The van der Waals surface area contributed by atoms with Gasteiger partial charge < -0.3 is 5.11 Å². The van der Waals surface area contributed by atoms with Crippen molar-refractivity contribution < 1.29 is 9.90 Å². The fourth-order valence-corrected chi connectivity index (χ4v) is 2.90. The Bertz CT molecular complexity index is 265. The molecule has 0 rings (SSSR count). The van der Waals surface area contributed by atoms with Crippen LogP contribution in [0.3, 0.4) is 0 Å². The Morgan fingerprint density at radius 3 is 1.82 bits per heavy atom. The average molecular weight is 278 g/mol. The van der Waals surface area contributed by atoms with E-state index < -0.39 is 0 Å². The molecule has 0 aliphatic heterocycles. The van der Waals surface area contributed by atoms with Gasteiger partial charge in [0, 0.05) is 20.7 Å². The van der Waals surface area contributed by atoms with Crippen LogP contribution in [0.1, 0.15) is 48.5 Å². The number of carbonyl (C=O) groups is 1. The highest BCUT2D eigenvalue weighted by atomic mass is 32.2. The zero-order valence-electron chi connectivity index (χ0n) is 12.1. The Labute approximate surface area is 114 Å². The summed E-state index contributed by atoms with van der Waals surface area (Å²) in [6.07, 6.45) is 0. The summed E-state index contributed by atoms with van der Waals surface area (Å²) in [5.41, 5.74) is -0.293. The maximum absolute atomic E-state index is 12.0. The molecule has 0 aromatic rings. The Balaban J connectivity index is 4.36. The van der Waals surface area contributed by atoms with Crippen LogP contribution in [0.2, 0.25) is 0 Å². The van der Waals surface area contributed by atoms with Gasteiger partial charge in [-0.2, -0.15) is 11.8 Å². The highest BCUT2D eigenvalue weighted by Gasteiger charge is 2.31. The molecule has 0 heterocycles. The molecular weight excluding hydrogens is 252 g/mol. The zero-order valence-corrected chi connectivity index (χ0v) is 13.7. The van der Waals surface area contributed by atoms with Gasteiger partial charge in [0.1, 0.15) is 0 Å². The Kier molecular flexibility index (Phi) is 6.10. The van der Waals surface area contributed by atoms with Crippen LogP contribution in [-0.4, -0.2) is 32.1 Å². The lowest BCUT2D eigenvalue weighted by Gasteiger charge is -2.30.